The number of carbonyl (C=O) groups is 1. The van der Waals surface area contributed by atoms with Crippen LogP contribution in [0.15, 0.2) is 22.9 Å². The Hall–Kier alpha value is -0.740. The lowest BCUT2D eigenvalue weighted by Gasteiger charge is -2.28. The first-order chi connectivity index (χ1) is 9.19. The third-order valence-corrected chi connectivity index (χ3v) is 4.68. The zero-order valence-corrected chi connectivity index (χ0v) is 12.5. The first-order valence-electron chi connectivity index (χ1n) is 7.06. The summed E-state index contributed by atoms with van der Waals surface area (Å²) in [6.07, 6.45) is 9.74. The van der Waals surface area contributed by atoms with Crippen LogP contribution in [0.4, 0.5) is 0 Å². The average molecular weight is 323 g/mol. The molecule has 0 radical (unpaired) electrons. The van der Waals surface area contributed by atoms with E-state index in [4.69, 9.17) is 0 Å². The van der Waals surface area contributed by atoms with Crippen LogP contribution in [-0.2, 0) is 11.2 Å². The Balaban J connectivity index is 1.54. The fraction of sp³-hybridized carbons (Fsp3) is 0.600. The van der Waals surface area contributed by atoms with Gasteiger partial charge in [-0.2, -0.15) is 0 Å². The molecule has 2 fully saturated rings. The Bertz CT molecular complexity index is 465. The van der Waals surface area contributed by atoms with Gasteiger partial charge in [-0.25, -0.2) is 0 Å². The van der Waals surface area contributed by atoms with Crippen LogP contribution in [0.2, 0.25) is 0 Å². The predicted octanol–water partition coefficient (Wildman–Crippen LogP) is 2.88. The van der Waals surface area contributed by atoms with E-state index in [-0.39, 0.29) is 0 Å². The van der Waals surface area contributed by atoms with Gasteiger partial charge < -0.3 is 5.32 Å². The van der Waals surface area contributed by atoms with Gasteiger partial charge in [0.1, 0.15) is 5.78 Å². The number of ketones is 1. The quantitative estimate of drug-likeness (QED) is 0.926. The molecule has 2 saturated heterocycles. The maximum absolute atomic E-state index is 12.2. The van der Waals surface area contributed by atoms with Gasteiger partial charge in [0, 0.05) is 41.8 Å². The van der Waals surface area contributed by atoms with Gasteiger partial charge in [-0.05, 0) is 59.2 Å². The smallest absolute Gasteiger partial charge is 0.137 e. The molecule has 19 heavy (non-hydrogen) atoms. The molecule has 2 bridgehead atoms. The standard InChI is InChI=1S/C15H19BrN2O/c16-12-3-11(8-17-9-12)7-15(19)6-10-4-13-1-2-14(5-10)18-13/h3,8-10,13-14,18H,1-2,4-7H2. The van der Waals surface area contributed by atoms with Crippen LogP contribution in [0, 0.1) is 5.92 Å². The molecular weight excluding hydrogens is 304 g/mol. The van der Waals surface area contributed by atoms with Crippen LogP contribution >= 0.6 is 15.9 Å². The van der Waals surface area contributed by atoms with Crippen molar-refractivity contribution in [2.24, 2.45) is 5.92 Å². The summed E-state index contributed by atoms with van der Waals surface area (Å²) in [4.78, 5) is 16.3. The molecule has 3 heterocycles. The number of aromatic nitrogens is 1. The summed E-state index contributed by atoms with van der Waals surface area (Å²) in [6.45, 7) is 0. The van der Waals surface area contributed by atoms with Gasteiger partial charge in [0.2, 0.25) is 0 Å². The highest BCUT2D eigenvalue weighted by Gasteiger charge is 2.33. The number of nitrogens with zero attached hydrogens (tertiary/aromatic N) is 1. The zero-order valence-electron chi connectivity index (χ0n) is 10.9. The van der Waals surface area contributed by atoms with Crippen molar-refractivity contribution in [1.29, 1.82) is 0 Å². The minimum Gasteiger partial charge on any atom is -0.311 e. The van der Waals surface area contributed by atoms with Crippen LogP contribution in [0.1, 0.15) is 37.7 Å². The lowest BCUT2D eigenvalue weighted by Crippen LogP contribution is -2.38. The van der Waals surface area contributed by atoms with Crippen molar-refractivity contribution < 1.29 is 4.79 Å². The van der Waals surface area contributed by atoms with E-state index in [9.17, 15) is 4.79 Å². The number of piperidine rings is 1. The second kappa shape index (κ2) is 5.71. The number of Topliss-reactive ketones (excluding diaryl/α,β-unsaturated/α-hetero) is 1. The van der Waals surface area contributed by atoms with Crippen molar-refractivity contribution in [2.45, 2.75) is 50.6 Å². The number of hydrogen-bond donors (Lipinski definition) is 1. The fourth-order valence-corrected chi connectivity index (χ4v) is 3.93. The van der Waals surface area contributed by atoms with E-state index in [0.29, 0.717) is 30.2 Å². The number of carbonyl (C=O) groups excluding carboxylic acids is 1. The third-order valence-electron chi connectivity index (χ3n) is 4.25. The SMILES string of the molecule is O=C(Cc1cncc(Br)c1)CC1CC2CCC(C1)N2. The minimum atomic E-state index is 0.353. The molecule has 102 valence electrons. The Morgan fingerprint density at radius 1 is 1.32 bits per heavy atom. The first-order valence-corrected chi connectivity index (χ1v) is 7.85. The summed E-state index contributed by atoms with van der Waals surface area (Å²) in [6, 6.07) is 3.32. The van der Waals surface area contributed by atoms with E-state index in [1.165, 1.54) is 25.7 Å². The Labute approximate surface area is 122 Å². The highest BCUT2D eigenvalue weighted by atomic mass is 79.9. The molecule has 0 aromatic carbocycles. The van der Waals surface area contributed by atoms with Crippen LogP contribution in [0.5, 0.6) is 0 Å². The molecule has 1 aromatic heterocycles. The van der Waals surface area contributed by atoms with Crippen LogP contribution in [0.3, 0.4) is 0 Å². The summed E-state index contributed by atoms with van der Waals surface area (Å²) in [5.41, 5.74) is 1.01. The molecule has 0 amide bonds. The summed E-state index contributed by atoms with van der Waals surface area (Å²) in [5.74, 6) is 0.942. The zero-order chi connectivity index (χ0) is 13.2. The number of halogens is 1. The van der Waals surface area contributed by atoms with E-state index in [1.807, 2.05) is 6.07 Å². The lowest BCUT2D eigenvalue weighted by atomic mass is 9.87. The number of fused-ring (bicyclic) bond motifs is 2. The van der Waals surface area contributed by atoms with Crippen LogP contribution in [0.25, 0.3) is 0 Å². The maximum atomic E-state index is 12.2. The lowest BCUT2D eigenvalue weighted by molar-refractivity contribution is -0.119. The molecule has 0 aliphatic carbocycles. The van der Waals surface area contributed by atoms with Gasteiger partial charge in [-0.15, -0.1) is 0 Å². The number of rotatable bonds is 4. The minimum absolute atomic E-state index is 0.353. The van der Waals surface area contributed by atoms with E-state index in [2.05, 4.69) is 26.2 Å². The van der Waals surface area contributed by atoms with E-state index in [1.54, 1.807) is 12.4 Å². The predicted molar refractivity (Wildman–Crippen MR) is 77.9 cm³/mol. The van der Waals surface area contributed by atoms with Crippen molar-refractivity contribution in [3.63, 3.8) is 0 Å². The second-order valence-electron chi connectivity index (χ2n) is 5.91. The van der Waals surface area contributed by atoms with Crippen molar-refractivity contribution in [1.82, 2.24) is 10.3 Å². The molecule has 3 rings (SSSR count). The third kappa shape index (κ3) is 3.42. The summed E-state index contributed by atoms with van der Waals surface area (Å²) in [5, 5.41) is 3.62. The second-order valence-corrected chi connectivity index (χ2v) is 6.82. The van der Waals surface area contributed by atoms with Crippen LogP contribution < -0.4 is 5.32 Å². The number of pyridine rings is 1. The Morgan fingerprint density at radius 2 is 2.05 bits per heavy atom. The van der Waals surface area contributed by atoms with E-state index >= 15 is 0 Å². The number of nitrogens with one attached hydrogen (secondary N) is 1. The van der Waals surface area contributed by atoms with Crippen molar-refractivity contribution in [2.75, 3.05) is 0 Å². The summed E-state index contributed by atoms with van der Waals surface area (Å²) < 4.78 is 0.942. The molecule has 2 atom stereocenters. The van der Waals surface area contributed by atoms with Crippen LogP contribution in [-0.4, -0.2) is 22.9 Å². The van der Waals surface area contributed by atoms with Gasteiger partial charge >= 0.3 is 0 Å². The molecular formula is C15H19BrN2O. The van der Waals surface area contributed by atoms with E-state index < -0.39 is 0 Å². The highest BCUT2D eigenvalue weighted by molar-refractivity contribution is 9.10. The summed E-state index contributed by atoms with van der Waals surface area (Å²) in [7, 11) is 0. The summed E-state index contributed by atoms with van der Waals surface area (Å²) >= 11 is 3.39. The normalized spacial score (nSPS) is 29.4. The number of hydrogen-bond acceptors (Lipinski definition) is 3. The maximum Gasteiger partial charge on any atom is 0.137 e. The largest absolute Gasteiger partial charge is 0.311 e. The molecule has 0 spiro atoms. The molecule has 2 aliphatic rings. The first kappa shape index (κ1) is 13.3. The molecule has 2 aliphatic heterocycles. The van der Waals surface area contributed by atoms with Crippen molar-refractivity contribution in [3.8, 4) is 0 Å². The van der Waals surface area contributed by atoms with Gasteiger partial charge in [-0.1, -0.05) is 0 Å². The topological polar surface area (TPSA) is 42.0 Å². The average Bonchev–Trinajstić information content (AvgIpc) is 2.68. The van der Waals surface area contributed by atoms with Crippen molar-refractivity contribution in [3.05, 3.63) is 28.5 Å². The molecule has 0 saturated carbocycles. The molecule has 4 heteroatoms. The van der Waals surface area contributed by atoms with Gasteiger partial charge in [0.05, 0.1) is 0 Å². The molecule has 1 aromatic rings. The monoisotopic (exact) mass is 322 g/mol. The highest BCUT2D eigenvalue weighted by Crippen LogP contribution is 2.32. The molecule has 3 nitrogen and oxygen atoms in total. The molecule has 2 unspecified atom stereocenters. The Kier molecular flexibility index (Phi) is 3.99. The fourth-order valence-electron chi connectivity index (χ4n) is 3.52. The van der Waals surface area contributed by atoms with Gasteiger partial charge in [-0.3, -0.25) is 9.78 Å². The molecule has 1 N–H and O–H groups in total. The Morgan fingerprint density at radius 3 is 2.74 bits per heavy atom. The van der Waals surface area contributed by atoms with E-state index in [0.717, 1.165) is 16.5 Å². The van der Waals surface area contributed by atoms with Gasteiger partial charge in [0.25, 0.3) is 0 Å². The van der Waals surface area contributed by atoms with Gasteiger partial charge in [0.15, 0.2) is 0 Å². The van der Waals surface area contributed by atoms with Crippen molar-refractivity contribution >= 4 is 21.7 Å².